The number of nitrogens with one attached hydrogen (secondary N) is 2. The first-order valence-electron chi connectivity index (χ1n) is 12.2. The predicted molar refractivity (Wildman–Crippen MR) is 147 cm³/mol. The van der Waals surface area contributed by atoms with Crippen LogP contribution in [0.4, 0.5) is 22.7 Å². The van der Waals surface area contributed by atoms with Crippen LogP contribution in [0, 0.1) is 0 Å². The summed E-state index contributed by atoms with van der Waals surface area (Å²) in [5.74, 6) is -0.144. The number of hydrogen-bond donors (Lipinski definition) is 3. The Morgan fingerprint density at radius 3 is 1.92 bits per heavy atom. The van der Waals surface area contributed by atoms with E-state index >= 15 is 0 Å². The molecule has 1 aromatic heterocycles. The van der Waals surface area contributed by atoms with Crippen molar-refractivity contribution in [2.45, 2.75) is 18.9 Å². The maximum Gasteiger partial charge on any atom is 0.255 e. The number of carbonyl (C=O) groups excluding carboxylic acids is 1. The van der Waals surface area contributed by atoms with E-state index in [1.54, 1.807) is 0 Å². The van der Waals surface area contributed by atoms with Gasteiger partial charge >= 0.3 is 0 Å². The van der Waals surface area contributed by atoms with Crippen molar-refractivity contribution < 1.29 is 9.90 Å². The Hall–Kier alpha value is -4.29. The number of aliphatic hydroxyl groups is 1. The predicted octanol–water partition coefficient (Wildman–Crippen LogP) is 5.96. The fourth-order valence-electron chi connectivity index (χ4n) is 4.36. The zero-order valence-corrected chi connectivity index (χ0v) is 20.1. The molecule has 2 heterocycles. The highest BCUT2D eigenvalue weighted by molar-refractivity contribution is 6.04. The molecular formula is C30H30N4O2. The molecule has 4 aromatic rings. The van der Waals surface area contributed by atoms with Gasteiger partial charge in [0.15, 0.2) is 0 Å². The Kier molecular flexibility index (Phi) is 6.87. The summed E-state index contributed by atoms with van der Waals surface area (Å²) in [6, 6.07) is 27.4. The highest BCUT2D eigenvalue weighted by atomic mass is 16.3. The lowest BCUT2D eigenvalue weighted by molar-refractivity contribution is 0.102. The number of hydrogen-bond acceptors (Lipinski definition) is 4. The minimum Gasteiger partial charge on any atom is -0.393 e. The number of benzene rings is 3. The van der Waals surface area contributed by atoms with E-state index in [1.165, 1.54) is 0 Å². The van der Waals surface area contributed by atoms with E-state index in [2.05, 4.69) is 22.1 Å². The Balaban J connectivity index is 1.16. The summed E-state index contributed by atoms with van der Waals surface area (Å²) in [5, 5.41) is 16.0. The average Bonchev–Trinajstić information content (AvgIpc) is 3.46. The highest BCUT2D eigenvalue weighted by Crippen LogP contribution is 2.24. The van der Waals surface area contributed by atoms with Gasteiger partial charge in [0.05, 0.1) is 6.10 Å². The number of nitrogens with zero attached hydrogens (tertiary/aromatic N) is 2. The fraction of sp³-hybridized carbons (Fsp3) is 0.167. The van der Waals surface area contributed by atoms with Crippen LogP contribution in [0.3, 0.4) is 0 Å². The van der Waals surface area contributed by atoms with Gasteiger partial charge in [0.1, 0.15) is 0 Å². The molecule has 0 saturated carbocycles. The summed E-state index contributed by atoms with van der Waals surface area (Å²) in [6.07, 6.45) is 5.32. The molecule has 0 aliphatic carbocycles. The number of aliphatic hydroxyl groups excluding tert-OH is 1. The summed E-state index contributed by atoms with van der Waals surface area (Å²) in [5.41, 5.74) is 6.30. The van der Waals surface area contributed by atoms with Gasteiger partial charge < -0.3 is 25.2 Å². The second-order valence-corrected chi connectivity index (χ2v) is 9.04. The van der Waals surface area contributed by atoms with Crippen LogP contribution in [0.5, 0.6) is 0 Å². The van der Waals surface area contributed by atoms with Crippen molar-refractivity contribution >= 4 is 34.4 Å². The molecule has 36 heavy (non-hydrogen) atoms. The van der Waals surface area contributed by atoms with E-state index < -0.39 is 0 Å². The zero-order valence-electron chi connectivity index (χ0n) is 20.1. The van der Waals surface area contributed by atoms with Crippen LogP contribution in [0.15, 0.2) is 104 Å². The first kappa shape index (κ1) is 23.5. The molecule has 0 radical (unpaired) electrons. The van der Waals surface area contributed by atoms with E-state index in [1.807, 2.05) is 102 Å². The lowest BCUT2D eigenvalue weighted by atomic mass is 10.1. The van der Waals surface area contributed by atoms with Crippen LogP contribution >= 0.6 is 0 Å². The Morgan fingerprint density at radius 1 is 0.778 bits per heavy atom. The van der Waals surface area contributed by atoms with Gasteiger partial charge in [-0.2, -0.15) is 0 Å². The molecule has 1 amide bonds. The summed E-state index contributed by atoms with van der Waals surface area (Å²) in [7, 11) is 0. The van der Waals surface area contributed by atoms with Crippen molar-refractivity contribution in [1.82, 2.24) is 4.57 Å². The molecule has 1 fully saturated rings. The van der Waals surface area contributed by atoms with Crippen molar-refractivity contribution in [2.75, 3.05) is 28.6 Å². The van der Waals surface area contributed by atoms with Crippen molar-refractivity contribution in [3.05, 3.63) is 115 Å². The lowest BCUT2D eigenvalue weighted by Crippen LogP contribution is -2.35. The van der Waals surface area contributed by atoms with Crippen LogP contribution in [0.2, 0.25) is 0 Å². The summed E-state index contributed by atoms with van der Waals surface area (Å²) >= 11 is 0. The molecular weight excluding hydrogens is 448 g/mol. The molecule has 1 aliphatic heterocycles. The van der Waals surface area contributed by atoms with Gasteiger partial charge in [-0.3, -0.25) is 4.79 Å². The molecule has 6 nitrogen and oxygen atoms in total. The van der Waals surface area contributed by atoms with Gasteiger partial charge in [-0.05, 0) is 91.2 Å². The maximum atomic E-state index is 12.7. The van der Waals surface area contributed by atoms with E-state index in [4.69, 9.17) is 0 Å². The number of aromatic nitrogens is 1. The molecule has 3 N–H and O–H groups in total. The number of piperidine rings is 1. The highest BCUT2D eigenvalue weighted by Gasteiger charge is 2.17. The van der Waals surface area contributed by atoms with E-state index in [0.29, 0.717) is 5.56 Å². The number of carbonyl (C=O) groups is 1. The SMILES string of the molecule is C=C(c1ccc(Nc2ccc(NC(=O)c3ccc(N4CCC(O)CC4)cc3)cc2)cc1)n1cccc1. The van der Waals surface area contributed by atoms with E-state index in [0.717, 1.165) is 59.9 Å². The quantitative estimate of drug-likeness (QED) is 0.306. The van der Waals surface area contributed by atoms with Crippen LogP contribution in [-0.2, 0) is 0 Å². The van der Waals surface area contributed by atoms with Crippen LogP contribution in [0.25, 0.3) is 5.70 Å². The first-order chi connectivity index (χ1) is 17.5. The Morgan fingerprint density at radius 2 is 1.31 bits per heavy atom. The van der Waals surface area contributed by atoms with Gasteiger partial charge in [-0.15, -0.1) is 0 Å². The summed E-state index contributed by atoms with van der Waals surface area (Å²) < 4.78 is 1.99. The fourth-order valence-corrected chi connectivity index (χ4v) is 4.36. The minimum absolute atomic E-state index is 0.144. The van der Waals surface area contributed by atoms with Crippen molar-refractivity contribution in [3.8, 4) is 0 Å². The second kappa shape index (κ2) is 10.5. The minimum atomic E-state index is -0.200. The van der Waals surface area contributed by atoms with Crippen molar-refractivity contribution in [2.24, 2.45) is 0 Å². The average molecular weight is 479 g/mol. The molecule has 3 aromatic carbocycles. The molecule has 1 saturated heterocycles. The molecule has 182 valence electrons. The summed E-state index contributed by atoms with van der Waals surface area (Å²) in [4.78, 5) is 15.0. The maximum absolute atomic E-state index is 12.7. The second-order valence-electron chi connectivity index (χ2n) is 9.04. The zero-order chi connectivity index (χ0) is 24.9. The topological polar surface area (TPSA) is 69.5 Å². The standard InChI is InChI=1S/C30H30N4O2/c1-22(33-18-2-3-19-33)23-4-8-25(9-5-23)31-26-10-12-27(13-11-26)32-30(36)24-6-14-28(15-7-24)34-20-16-29(35)17-21-34/h2-15,18-19,29,31,35H,1,16-17,20-21H2,(H,32,36). The van der Waals surface area contributed by atoms with Crippen LogP contribution in [-0.4, -0.2) is 34.8 Å². The number of rotatable bonds is 7. The Bertz CT molecular complexity index is 1300. The third kappa shape index (κ3) is 5.50. The van der Waals surface area contributed by atoms with Crippen molar-refractivity contribution in [1.29, 1.82) is 0 Å². The molecule has 0 atom stereocenters. The van der Waals surface area contributed by atoms with Crippen LogP contribution in [0.1, 0.15) is 28.8 Å². The van der Waals surface area contributed by atoms with Gasteiger partial charge in [0.25, 0.3) is 5.91 Å². The van der Waals surface area contributed by atoms with Crippen molar-refractivity contribution in [3.63, 3.8) is 0 Å². The van der Waals surface area contributed by atoms with Gasteiger partial charge in [0.2, 0.25) is 0 Å². The van der Waals surface area contributed by atoms with Gasteiger partial charge in [-0.1, -0.05) is 18.7 Å². The molecule has 5 rings (SSSR count). The smallest absolute Gasteiger partial charge is 0.255 e. The molecule has 0 unspecified atom stereocenters. The van der Waals surface area contributed by atoms with Gasteiger partial charge in [-0.25, -0.2) is 0 Å². The largest absolute Gasteiger partial charge is 0.393 e. The molecule has 6 heteroatoms. The number of anilines is 4. The third-order valence-electron chi connectivity index (χ3n) is 6.52. The van der Waals surface area contributed by atoms with E-state index in [9.17, 15) is 9.90 Å². The third-order valence-corrected chi connectivity index (χ3v) is 6.52. The summed E-state index contributed by atoms with van der Waals surface area (Å²) in [6.45, 7) is 5.83. The van der Waals surface area contributed by atoms with E-state index in [-0.39, 0.29) is 12.0 Å². The monoisotopic (exact) mass is 478 g/mol. The first-order valence-corrected chi connectivity index (χ1v) is 12.2. The molecule has 0 bridgehead atoms. The Labute approximate surface area is 211 Å². The molecule has 0 spiro atoms. The van der Waals surface area contributed by atoms with Gasteiger partial charge in [0, 0.05) is 59.5 Å². The van der Waals surface area contributed by atoms with Crippen LogP contribution < -0.4 is 15.5 Å². The lowest BCUT2D eigenvalue weighted by Gasteiger charge is -2.31. The molecule has 1 aliphatic rings. The number of amides is 1. The normalized spacial score (nSPS) is 13.9.